The van der Waals surface area contributed by atoms with Crippen LogP contribution in [0.2, 0.25) is 0 Å². The zero-order valence-corrected chi connectivity index (χ0v) is 16.9. The molecule has 0 atom stereocenters. The number of nitrogens with zero attached hydrogens (tertiary/aromatic N) is 2. The zero-order valence-electron chi connectivity index (χ0n) is 16.1. The highest BCUT2D eigenvalue weighted by Crippen LogP contribution is 2.33. The van der Waals surface area contributed by atoms with E-state index >= 15 is 0 Å². The van der Waals surface area contributed by atoms with Gasteiger partial charge in [0.15, 0.2) is 4.90 Å². The minimum Gasteiger partial charge on any atom is -0.462 e. The van der Waals surface area contributed by atoms with Gasteiger partial charge in [-0.25, -0.2) is 8.42 Å². The molecule has 0 unspecified atom stereocenters. The first-order valence-corrected chi connectivity index (χ1v) is 10.0. The van der Waals surface area contributed by atoms with Crippen molar-refractivity contribution in [3.8, 4) is 0 Å². The van der Waals surface area contributed by atoms with Crippen LogP contribution >= 0.6 is 0 Å². The van der Waals surface area contributed by atoms with Crippen molar-refractivity contribution in [2.24, 2.45) is 0 Å². The maximum Gasteiger partial charge on any atom is 0.327 e. The van der Waals surface area contributed by atoms with E-state index in [1.165, 1.54) is 12.1 Å². The van der Waals surface area contributed by atoms with Crippen LogP contribution in [0.25, 0.3) is 0 Å². The van der Waals surface area contributed by atoms with Crippen molar-refractivity contribution >= 4 is 27.4 Å². The van der Waals surface area contributed by atoms with Crippen LogP contribution < -0.4 is 4.31 Å². The topological polar surface area (TPSA) is 107 Å². The standard InChI is InChI=1S/C19H22N2O6S/c1-13(2)27-18(22)12-20(19-14(3)8-7-9-15(19)4)28(25,26)17-11-6-5-10-16(17)21(23)24/h5-11,13H,12H2,1-4H3. The first-order chi connectivity index (χ1) is 13.1. The van der Waals surface area contributed by atoms with E-state index in [1.807, 2.05) is 0 Å². The molecule has 2 rings (SSSR count). The van der Waals surface area contributed by atoms with E-state index in [9.17, 15) is 23.3 Å². The average Bonchev–Trinajstić information content (AvgIpc) is 2.60. The minimum atomic E-state index is -4.41. The van der Waals surface area contributed by atoms with E-state index in [4.69, 9.17) is 4.74 Å². The second-order valence-electron chi connectivity index (χ2n) is 6.52. The number of carbonyl (C=O) groups is 1. The lowest BCUT2D eigenvalue weighted by molar-refractivity contribution is -0.387. The summed E-state index contributed by atoms with van der Waals surface area (Å²) < 4.78 is 32.8. The van der Waals surface area contributed by atoms with E-state index in [2.05, 4.69) is 0 Å². The fraction of sp³-hybridized carbons (Fsp3) is 0.316. The van der Waals surface area contributed by atoms with Gasteiger partial charge in [-0.05, 0) is 44.9 Å². The molecule has 0 amide bonds. The van der Waals surface area contributed by atoms with Crippen LogP contribution in [0.3, 0.4) is 0 Å². The number of nitro benzene ring substituents is 1. The van der Waals surface area contributed by atoms with Crippen molar-refractivity contribution in [3.63, 3.8) is 0 Å². The molecule has 28 heavy (non-hydrogen) atoms. The molecular formula is C19H22N2O6S. The van der Waals surface area contributed by atoms with Crippen LogP contribution in [-0.4, -0.2) is 32.0 Å². The van der Waals surface area contributed by atoms with Gasteiger partial charge in [-0.2, -0.15) is 0 Å². The van der Waals surface area contributed by atoms with Crippen LogP contribution in [-0.2, 0) is 19.6 Å². The molecular weight excluding hydrogens is 384 g/mol. The second-order valence-corrected chi connectivity index (χ2v) is 8.35. The van der Waals surface area contributed by atoms with Crippen LogP contribution in [0.4, 0.5) is 11.4 Å². The number of benzene rings is 2. The number of hydrogen-bond donors (Lipinski definition) is 0. The van der Waals surface area contributed by atoms with E-state index in [0.29, 0.717) is 16.8 Å². The molecule has 0 fully saturated rings. The van der Waals surface area contributed by atoms with E-state index < -0.39 is 44.1 Å². The van der Waals surface area contributed by atoms with Crippen LogP contribution in [0, 0.1) is 24.0 Å². The Morgan fingerprint density at radius 2 is 1.68 bits per heavy atom. The number of carbonyl (C=O) groups excluding carboxylic acids is 1. The maximum absolute atomic E-state index is 13.4. The van der Waals surface area contributed by atoms with Crippen molar-refractivity contribution in [1.82, 2.24) is 0 Å². The molecule has 150 valence electrons. The van der Waals surface area contributed by atoms with Gasteiger partial charge in [0.2, 0.25) is 0 Å². The Morgan fingerprint density at radius 3 is 2.21 bits per heavy atom. The van der Waals surface area contributed by atoms with Crippen molar-refractivity contribution < 1.29 is 22.9 Å². The van der Waals surface area contributed by atoms with Crippen LogP contribution in [0.1, 0.15) is 25.0 Å². The monoisotopic (exact) mass is 406 g/mol. The number of anilines is 1. The summed E-state index contributed by atoms with van der Waals surface area (Å²) in [5, 5.41) is 11.4. The number of nitro groups is 1. The molecule has 0 radical (unpaired) electrons. The lowest BCUT2D eigenvalue weighted by Crippen LogP contribution is -2.38. The molecule has 0 bridgehead atoms. The number of sulfonamides is 1. The van der Waals surface area contributed by atoms with Crippen molar-refractivity contribution in [2.75, 3.05) is 10.8 Å². The molecule has 2 aromatic carbocycles. The second kappa shape index (κ2) is 8.39. The van der Waals surface area contributed by atoms with Crippen molar-refractivity contribution in [1.29, 1.82) is 0 Å². The molecule has 8 nitrogen and oxygen atoms in total. The number of hydrogen-bond acceptors (Lipinski definition) is 6. The summed E-state index contributed by atoms with van der Waals surface area (Å²) in [4.78, 5) is 22.4. The molecule has 0 N–H and O–H groups in total. The SMILES string of the molecule is Cc1cccc(C)c1N(CC(=O)OC(C)C)S(=O)(=O)c1ccccc1[N+](=O)[O-]. The number of esters is 1. The van der Waals surface area contributed by atoms with E-state index in [-0.39, 0.29) is 0 Å². The smallest absolute Gasteiger partial charge is 0.327 e. The molecule has 0 heterocycles. The van der Waals surface area contributed by atoms with Gasteiger partial charge in [0, 0.05) is 6.07 Å². The summed E-state index contributed by atoms with van der Waals surface area (Å²) in [7, 11) is -4.41. The fourth-order valence-corrected chi connectivity index (χ4v) is 4.54. The first-order valence-electron chi connectivity index (χ1n) is 8.57. The van der Waals surface area contributed by atoms with Crippen LogP contribution in [0.15, 0.2) is 47.4 Å². The highest BCUT2D eigenvalue weighted by Gasteiger charge is 2.34. The summed E-state index contributed by atoms with van der Waals surface area (Å²) in [6, 6.07) is 10.2. The summed E-state index contributed by atoms with van der Waals surface area (Å²) >= 11 is 0. The molecule has 0 aliphatic rings. The summed E-state index contributed by atoms with van der Waals surface area (Å²) in [5.41, 5.74) is 0.955. The van der Waals surface area contributed by atoms with Gasteiger partial charge >= 0.3 is 5.97 Å². The Balaban J connectivity index is 2.68. The van der Waals surface area contributed by atoms with E-state index in [1.54, 1.807) is 45.9 Å². The molecule has 0 aliphatic heterocycles. The zero-order chi connectivity index (χ0) is 21.1. The van der Waals surface area contributed by atoms with Gasteiger partial charge in [0.25, 0.3) is 15.7 Å². The van der Waals surface area contributed by atoms with Crippen LogP contribution in [0.5, 0.6) is 0 Å². The van der Waals surface area contributed by atoms with Gasteiger partial charge < -0.3 is 4.74 Å². The third-order valence-electron chi connectivity index (χ3n) is 3.96. The Bertz CT molecular complexity index is 981. The molecule has 0 spiro atoms. The molecule has 9 heteroatoms. The predicted molar refractivity (Wildman–Crippen MR) is 105 cm³/mol. The fourth-order valence-electron chi connectivity index (χ4n) is 2.85. The largest absolute Gasteiger partial charge is 0.462 e. The lowest BCUT2D eigenvalue weighted by Gasteiger charge is -2.27. The van der Waals surface area contributed by atoms with Gasteiger partial charge in [0.1, 0.15) is 6.54 Å². The maximum atomic E-state index is 13.4. The number of aryl methyl sites for hydroxylation is 2. The summed E-state index contributed by atoms with van der Waals surface area (Å²) in [5.74, 6) is -0.750. The molecule has 0 saturated heterocycles. The Morgan fingerprint density at radius 1 is 1.11 bits per heavy atom. The third-order valence-corrected chi connectivity index (χ3v) is 5.75. The molecule has 0 aromatic heterocycles. The van der Waals surface area contributed by atoms with Crippen molar-refractivity contribution in [3.05, 3.63) is 63.7 Å². The van der Waals surface area contributed by atoms with Gasteiger partial charge in [0.05, 0.1) is 16.7 Å². The Labute approximate surface area is 163 Å². The van der Waals surface area contributed by atoms with Gasteiger partial charge in [-0.1, -0.05) is 30.3 Å². The Hall–Kier alpha value is -2.94. The lowest BCUT2D eigenvalue weighted by atomic mass is 10.1. The Kier molecular flexibility index (Phi) is 6.40. The number of para-hydroxylation sites is 2. The highest BCUT2D eigenvalue weighted by atomic mass is 32.2. The number of ether oxygens (including phenoxy) is 1. The first kappa shape index (κ1) is 21.4. The summed E-state index contributed by atoms with van der Waals surface area (Å²) in [6.07, 6.45) is -0.430. The van der Waals surface area contributed by atoms with E-state index in [0.717, 1.165) is 16.4 Å². The van der Waals surface area contributed by atoms with Crippen molar-refractivity contribution in [2.45, 2.75) is 38.7 Å². The molecule has 0 aliphatic carbocycles. The van der Waals surface area contributed by atoms with Gasteiger partial charge in [-0.3, -0.25) is 19.2 Å². The molecule has 0 saturated carbocycles. The predicted octanol–water partition coefficient (Wildman–Crippen LogP) is 3.36. The molecule has 2 aromatic rings. The third kappa shape index (κ3) is 4.48. The summed E-state index contributed by atoms with van der Waals surface area (Å²) in [6.45, 7) is 6.12. The normalized spacial score (nSPS) is 11.3. The number of rotatable bonds is 7. The average molecular weight is 406 g/mol. The minimum absolute atomic E-state index is 0.293. The highest BCUT2D eigenvalue weighted by molar-refractivity contribution is 7.93. The van der Waals surface area contributed by atoms with Gasteiger partial charge in [-0.15, -0.1) is 0 Å². The quantitative estimate of drug-likeness (QED) is 0.396.